The molecule has 0 radical (unpaired) electrons. The lowest BCUT2D eigenvalue weighted by atomic mass is 10.0. The zero-order chi connectivity index (χ0) is 20.7. The molecule has 0 aliphatic rings. The van der Waals surface area contributed by atoms with Crippen molar-refractivity contribution in [2.75, 3.05) is 11.5 Å². The molecule has 0 saturated carbocycles. The van der Waals surface area contributed by atoms with Crippen molar-refractivity contribution in [1.82, 2.24) is 0 Å². The minimum Gasteiger partial charge on any atom is -0.429 e. The highest BCUT2D eigenvalue weighted by molar-refractivity contribution is 5.56. The molecule has 0 aromatic heterocycles. The van der Waals surface area contributed by atoms with Crippen LogP contribution in [0.15, 0.2) is 30.0 Å². The van der Waals surface area contributed by atoms with Crippen LogP contribution in [0, 0.1) is 0 Å². The molecule has 0 amide bonds. The van der Waals surface area contributed by atoms with Gasteiger partial charge in [0.15, 0.2) is 0 Å². The van der Waals surface area contributed by atoms with Crippen LogP contribution in [-0.4, -0.2) is 23.9 Å². The van der Waals surface area contributed by atoms with Gasteiger partial charge in [0.05, 0.1) is 0 Å². The van der Waals surface area contributed by atoms with Gasteiger partial charge in [0.1, 0.15) is 5.75 Å². The van der Waals surface area contributed by atoms with Crippen LogP contribution in [0.2, 0.25) is 0 Å². The van der Waals surface area contributed by atoms with Crippen LogP contribution in [0.3, 0.4) is 0 Å². The summed E-state index contributed by atoms with van der Waals surface area (Å²) < 4.78 is 144. The van der Waals surface area contributed by atoms with Crippen LogP contribution in [0.1, 0.15) is 0 Å². The van der Waals surface area contributed by atoms with E-state index in [-0.39, 0.29) is 11.4 Å². The molecule has 0 unspecified atom stereocenters. The van der Waals surface area contributed by atoms with E-state index < -0.39 is 41.5 Å². The Kier molecular flexibility index (Phi) is 5.32. The summed E-state index contributed by atoms with van der Waals surface area (Å²) >= 11 is 0. The van der Waals surface area contributed by atoms with Crippen LogP contribution < -0.4 is 16.2 Å². The molecule has 14 heteroatoms. The zero-order valence-electron chi connectivity index (χ0n) is 12.0. The Balaban J connectivity index is 3.33. The van der Waals surface area contributed by atoms with Crippen LogP contribution in [0.25, 0.3) is 0 Å². The summed E-state index contributed by atoms with van der Waals surface area (Å²) in [6, 6.07) is -0.886. The summed E-state index contributed by atoms with van der Waals surface area (Å²) in [5.74, 6) is -26.6. The molecule has 1 rings (SSSR count). The van der Waals surface area contributed by atoms with Crippen molar-refractivity contribution in [2.45, 2.75) is 23.9 Å². The molecule has 26 heavy (non-hydrogen) atoms. The number of anilines is 2. The number of allylic oxidation sites excluding steroid dienone is 1. The van der Waals surface area contributed by atoms with Gasteiger partial charge in [-0.05, 0) is 6.07 Å². The van der Waals surface area contributed by atoms with Gasteiger partial charge in [-0.15, -0.1) is 0 Å². The second kappa shape index (κ2) is 6.39. The number of ether oxygens (including phenoxy) is 1. The van der Waals surface area contributed by atoms with E-state index in [1.54, 1.807) is 0 Å². The van der Waals surface area contributed by atoms with E-state index in [1.165, 1.54) is 0 Å². The third kappa shape index (κ3) is 3.58. The smallest absolute Gasteiger partial charge is 0.429 e. The largest absolute Gasteiger partial charge is 0.460 e. The fourth-order valence-corrected chi connectivity index (χ4v) is 1.49. The van der Waals surface area contributed by atoms with Crippen molar-refractivity contribution in [3.63, 3.8) is 0 Å². The maximum absolute atomic E-state index is 13.3. The Hall–Kier alpha value is -2.41. The summed E-state index contributed by atoms with van der Waals surface area (Å²) in [6.07, 6.45) is -7.18. The third-order valence-corrected chi connectivity index (χ3v) is 2.75. The van der Waals surface area contributed by atoms with Gasteiger partial charge in [0.25, 0.3) is 0 Å². The van der Waals surface area contributed by atoms with Crippen LogP contribution in [-0.2, 0) is 0 Å². The van der Waals surface area contributed by atoms with Gasteiger partial charge in [-0.2, -0.15) is 48.3 Å². The summed E-state index contributed by atoms with van der Waals surface area (Å²) in [5, 5.41) is 0. The van der Waals surface area contributed by atoms with Crippen molar-refractivity contribution >= 4 is 11.4 Å². The Morgan fingerprint density at radius 3 is 1.54 bits per heavy atom. The standard InChI is InChI=1S/C12H7F11N2O/c13-7(8(14)26-6-2-4(24)1-5(25)3-6)9(15,16)10(17,18)11(19,20)12(21,22)23/h1-3H,24-25H2. The summed E-state index contributed by atoms with van der Waals surface area (Å²) in [4.78, 5) is 0. The zero-order valence-corrected chi connectivity index (χ0v) is 12.0. The van der Waals surface area contributed by atoms with Gasteiger partial charge in [-0.3, -0.25) is 0 Å². The number of alkyl halides is 9. The first kappa shape index (κ1) is 21.6. The fourth-order valence-electron chi connectivity index (χ4n) is 1.49. The first-order chi connectivity index (χ1) is 11.4. The van der Waals surface area contributed by atoms with Gasteiger partial charge in [-0.1, -0.05) is 0 Å². The van der Waals surface area contributed by atoms with Gasteiger partial charge in [-0.25, -0.2) is 0 Å². The number of halogens is 11. The molecule has 1 aromatic rings. The molecule has 0 bridgehead atoms. The maximum Gasteiger partial charge on any atom is 0.460 e. The van der Waals surface area contributed by atoms with E-state index in [0.717, 1.165) is 6.07 Å². The molecule has 0 saturated heterocycles. The second-order valence-corrected chi connectivity index (χ2v) is 4.75. The quantitative estimate of drug-likeness (QED) is 0.421. The number of nitrogens with two attached hydrogens (primary N) is 2. The van der Waals surface area contributed by atoms with Crippen molar-refractivity contribution in [2.24, 2.45) is 0 Å². The highest BCUT2D eigenvalue weighted by Gasteiger charge is 2.83. The van der Waals surface area contributed by atoms with Crippen molar-refractivity contribution in [1.29, 1.82) is 0 Å². The Morgan fingerprint density at radius 2 is 1.15 bits per heavy atom. The summed E-state index contributed by atoms with van der Waals surface area (Å²) in [5.41, 5.74) is 9.81. The lowest BCUT2D eigenvalue weighted by molar-refractivity contribution is -0.392. The maximum atomic E-state index is 13.3. The van der Waals surface area contributed by atoms with Gasteiger partial charge in [0.2, 0.25) is 5.83 Å². The number of nitrogen functional groups attached to an aromatic ring is 2. The first-order valence-electron chi connectivity index (χ1n) is 6.05. The van der Waals surface area contributed by atoms with E-state index in [9.17, 15) is 48.3 Å². The molecule has 0 atom stereocenters. The summed E-state index contributed by atoms with van der Waals surface area (Å²) in [7, 11) is 0. The molecule has 0 fully saturated rings. The van der Waals surface area contributed by atoms with Gasteiger partial charge < -0.3 is 16.2 Å². The van der Waals surface area contributed by atoms with Crippen LogP contribution in [0.4, 0.5) is 59.7 Å². The van der Waals surface area contributed by atoms with Crippen LogP contribution in [0.5, 0.6) is 5.75 Å². The molecule has 4 N–H and O–H groups in total. The number of hydrogen-bond acceptors (Lipinski definition) is 3. The lowest BCUT2D eigenvalue weighted by Crippen LogP contribution is -2.61. The van der Waals surface area contributed by atoms with E-state index in [2.05, 4.69) is 4.74 Å². The Bertz CT molecular complexity index is 691. The number of benzene rings is 1. The lowest BCUT2D eigenvalue weighted by Gasteiger charge is -2.32. The Labute approximate surface area is 137 Å². The van der Waals surface area contributed by atoms with Gasteiger partial charge >= 0.3 is 30.0 Å². The van der Waals surface area contributed by atoms with Crippen molar-refractivity contribution in [3.8, 4) is 5.75 Å². The molecule has 0 aliphatic heterocycles. The highest BCUT2D eigenvalue weighted by atomic mass is 19.4. The molecule has 1 aromatic carbocycles. The SMILES string of the molecule is Nc1cc(N)cc(OC(F)=C(F)C(F)(F)C(F)(F)C(F)(F)C(F)(F)F)c1. The second-order valence-electron chi connectivity index (χ2n) is 4.75. The normalized spacial score (nSPS) is 14.9. The predicted octanol–water partition coefficient (Wildman–Crippen LogP) is 4.81. The minimum atomic E-state index is -7.39. The van der Waals surface area contributed by atoms with Crippen molar-refractivity contribution in [3.05, 3.63) is 30.0 Å². The molecule has 0 aliphatic carbocycles. The first-order valence-corrected chi connectivity index (χ1v) is 6.05. The fraction of sp³-hybridized carbons (Fsp3) is 0.333. The van der Waals surface area contributed by atoms with E-state index in [4.69, 9.17) is 11.5 Å². The average Bonchev–Trinajstić information content (AvgIpc) is 2.43. The monoisotopic (exact) mass is 404 g/mol. The predicted molar refractivity (Wildman–Crippen MR) is 66.0 cm³/mol. The number of hydrogen-bond donors (Lipinski definition) is 2. The summed E-state index contributed by atoms with van der Waals surface area (Å²) in [6.45, 7) is 0. The minimum absolute atomic E-state index is 0.283. The average molecular weight is 404 g/mol. The van der Waals surface area contributed by atoms with Gasteiger partial charge in [0, 0.05) is 23.5 Å². The third-order valence-electron chi connectivity index (χ3n) is 2.75. The molecule has 0 heterocycles. The number of rotatable bonds is 5. The molecular weight excluding hydrogens is 397 g/mol. The van der Waals surface area contributed by atoms with Crippen molar-refractivity contribution < 1.29 is 53.0 Å². The molecular formula is C12H7F11N2O. The molecule has 0 spiro atoms. The van der Waals surface area contributed by atoms with Crippen LogP contribution >= 0.6 is 0 Å². The molecule has 3 nitrogen and oxygen atoms in total. The van der Waals surface area contributed by atoms with E-state index in [0.29, 0.717) is 12.1 Å². The highest BCUT2D eigenvalue weighted by Crippen LogP contribution is 2.55. The Morgan fingerprint density at radius 1 is 0.731 bits per heavy atom. The van der Waals surface area contributed by atoms with E-state index >= 15 is 0 Å². The van der Waals surface area contributed by atoms with E-state index in [1.807, 2.05) is 0 Å². The molecule has 148 valence electrons. The topological polar surface area (TPSA) is 61.3 Å².